The molecule has 0 saturated carbocycles. The molecule has 0 unspecified atom stereocenters. The SMILES string of the molecule is CCCCOc1nc(N)c2[nH]c(=O)n(CCCCN(CCCN3CCOCC3)Cc3cccc(CC(=O)[O-])c3)c2n1. The van der Waals surface area contributed by atoms with E-state index in [-0.39, 0.29) is 23.9 Å². The first-order valence-electron chi connectivity index (χ1n) is 14.6. The summed E-state index contributed by atoms with van der Waals surface area (Å²) in [6, 6.07) is 7.88. The summed E-state index contributed by atoms with van der Waals surface area (Å²) in [6.45, 7) is 10.0. The minimum atomic E-state index is -1.08. The minimum Gasteiger partial charge on any atom is -0.550 e. The smallest absolute Gasteiger partial charge is 0.327 e. The molecule has 3 heterocycles. The lowest BCUT2D eigenvalue weighted by atomic mass is 10.1. The van der Waals surface area contributed by atoms with Gasteiger partial charge in [0.2, 0.25) is 0 Å². The van der Waals surface area contributed by atoms with Crippen LogP contribution in [0.25, 0.3) is 11.2 Å². The number of hydrogen-bond acceptors (Lipinski definition) is 10. The molecule has 0 spiro atoms. The van der Waals surface area contributed by atoms with Crippen LogP contribution in [0.1, 0.15) is 50.2 Å². The first kappa shape index (κ1) is 30.5. The number of aliphatic carboxylic acids is 1. The summed E-state index contributed by atoms with van der Waals surface area (Å²) < 4.78 is 12.7. The fourth-order valence-corrected chi connectivity index (χ4v) is 5.09. The summed E-state index contributed by atoms with van der Waals surface area (Å²) >= 11 is 0. The van der Waals surface area contributed by atoms with Gasteiger partial charge in [0.15, 0.2) is 11.5 Å². The lowest BCUT2D eigenvalue weighted by Gasteiger charge is -2.28. The Balaban J connectivity index is 1.37. The molecule has 12 nitrogen and oxygen atoms in total. The van der Waals surface area contributed by atoms with Crippen molar-refractivity contribution in [1.29, 1.82) is 0 Å². The van der Waals surface area contributed by atoms with Crippen molar-refractivity contribution >= 4 is 23.0 Å². The molecule has 224 valence electrons. The Kier molecular flexibility index (Phi) is 11.5. The maximum Gasteiger partial charge on any atom is 0.327 e. The van der Waals surface area contributed by atoms with Crippen molar-refractivity contribution in [3.63, 3.8) is 0 Å². The van der Waals surface area contributed by atoms with Gasteiger partial charge in [-0.2, -0.15) is 9.97 Å². The van der Waals surface area contributed by atoms with Crippen LogP contribution in [0.5, 0.6) is 6.01 Å². The average molecular weight is 569 g/mol. The number of H-pyrrole nitrogens is 1. The Morgan fingerprint density at radius 1 is 1.12 bits per heavy atom. The van der Waals surface area contributed by atoms with Gasteiger partial charge in [0.25, 0.3) is 0 Å². The normalized spacial score (nSPS) is 14.2. The summed E-state index contributed by atoms with van der Waals surface area (Å²) in [6.07, 6.45) is 4.44. The zero-order valence-electron chi connectivity index (χ0n) is 24.0. The number of rotatable bonds is 17. The van der Waals surface area contributed by atoms with E-state index in [2.05, 4.69) is 31.7 Å². The molecule has 3 aromatic rings. The van der Waals surface area contributed by atoms with Gasteiger partial charge in [0, 0.05) is 38.6 Å². The molecule has 1 aromatic carbocycles. The maximum atomic E-state index is 12.7. The van der Waals surface area contributed by atoms with Gasteiger partial charge in [-0.25, -0.2) is 4.79 Å². The van der Waals surface area contributed by atoms with E-state index in [1.165, 1.54) is 0 Å². The number of carboxylic acids is 1. The van der Waals surface area contributed by atoms with Crippen LogP contribution in [0.15, 0.2) is 29.1 Å². The summed E-state index contributed by atoms with van der Waals surface area (Å²) in [5, 5.41) is 11.1. The van der Waals surface area contributed by atoms with Crippen LogP contribution < -0.4 is 21.3 Å². The minimum absolute atomic E-state index is 0.0936. The molecule has 1 fully saturated rings. The number of nitrogens with two attached hydrogens (primary N) is 1. The van der Waals surface area contributed by atoms with Crippen molar-refractivity contribution in [3.8, 4) is 6.01 Å². The number of benzene rings is 1. The Morgan fingerprint density at radius 3 is 2.68 bits per heavy atom. The van der Waals surface area contributed by atoms with E-state index in [1.807, 2.05) is 24.3 Å². The molecule has 0 atom stereocenters. The van der Waals surface area contributed by atoms with Crippen LogP contribution in [-0.2, 0) is 29.0 Å². The van der Waals surface area contributed by atoms with Gasteiger partial charge >= 0.3 is 11.7 Å². The number of nitrogens with one attached hydrogen (secondary N) is 1. The number of aromatic amines is 1. The number of morpholine rings is 1. The second kappa shape index (κ2) is 15.5. The van der Waals surface area contributed by atoms with Gasteiger partial charge in [-0.3, -0.25) is 14.4 Å². The number of ether oxygens (including phenoxy) is 2. The van der Waals surface area contributed by atoms with Gasteiger partial charge in [-0.15, -0.1) is 0 Å². The highest BCUT2D eigenvalue weighted by Crippen LogP contribution is 2.18. The number of imidazole rings is 1. The van der Waals surface area contributed by atoms with Gasteiger partial charge in [0.1, 0.15) is 5.52 Å². The summed E-state index contributed by atoms with van der Waals surface area (Å²) in [5.74, 6) is -0.881. The molecule has 0 radical (unpaired) electrons. The van der Waals surface area contributed by atoms with E-state index < -0.39 is 5.97 Å². The zero-order valence-corrected chi connectivity index (χ0v) is 24.0. The van der Waals surface area contributed by atoms with Crippen molar-refractivity contribution in [3.05, 3.63) is 45.9 Å². The Bertz CT molecular complexity index is 1320. The Morgan fingerprint density at radius 2 is 1.90 bits per heavy atom. The summed E-state index contributed by atoms with van der Waals surface area (Å²) in [4.78, 5) is 40.0. The standard InChI is InChI=1S/C29H43N7O5/c1-2-3-16-41-28-32-26(30)25-27(33-28)36(29(39)31-25)13-5-4-10-35(12-7-11-34-14-17-40-18-15-34)21-23-9-6-8-22(19-23)20-24(37)38/h6,8-9,19H,2-5,7,10-18,20-21H2,1H3,(H,31,39)(H,37,38)(H2,30,32,33)/p-1. The van der Waals surface area contributed by atoms with E-state index in [9.17, 15) is 14.7 Å². The van der Waals surface area contributed by atoms with Crippen LogP contribution in [0.3, 0.4) is 0 Å². The first-order valence-corrected chi connectivity index (χ1v) is 14.6. The molecule has 12 heteroatoms. The average Bonchev–Trinajstić information content (AvgIpc) is 3.27. The molecular weight excluding hydrogens is 526 g/mol. The number of aryl methyl sites for hydroxylation is 1. The molecule has 0 amide bonds. The molecule has 1 aliphatic rings. The molecule has 2 aromatic heterocycles. The number of nitrogens with zero attached hydrogens (tertiary/aromatic N) is 5. The number of unbranched alkanes of at least 4 members (excludes halogenated alkanes) is 2. The van der Waals surface area contributed by atoms with Crippen LogP contribution in [0.2, 0.25) is 0 Å². The van der Waals surface area contributed by atoms with Crippen LogP contribution >= 0.6 is 0 Å². The van der Waals surface area contributed by atoms with Crippen molar-refractivity contribution in [2.45, 2.75) is 58.5 Å². The quantitative estimate of drug-likeness (QED) is 0.227. The third-order valence-corrected chi connectivity index (χ3v) is 7.26. The van der Waals surface area contributed by atoms with Crippen LogP contribution in [-0.4, -0.2) is 87.8 Å². The molecule has 4 rings (SSSR count). The van der Waals surface area contributed by atoms with Gasteiger partial charge < -0.3 is 30.1 Å². The molecule has 1 aliphatic heterocycles. The second-order valence-electron chi connectivity index (χ2n) is 10.5. The fourth-order valence-electron chi connectivity index (χ4n) is 5.09. The Labute approximate surface area is 240 Å². The van der Waals surface area contributed by atoms with Gasteiger partial charge in [-0.1, -0.05) is 37.6 Å². The first-order chi connectivity index (χ1) is 19.9. The van der Waals surface area contributed by atoms with E-state index >= 15 is 0 Å². The fraction of sp³-hybridized carbons (Fsp3) is 0.586. The molecule has 1 saturated heterocycles. The number of anilines is 1. The van der Waals surface area contributed by atoms with Gasteiger partial charge in [-0.05, 0) is 56.4 Å². The number of fused-ring (bicyclic) bond motifs is 1. The predicted molar refractivity (Wildman–Crippen MR) is 155 cm³/mol. The number of aromatic nitrogens is 4. The number of nitrogen functional groups attached to an aromatic ring is 1. The lowest BCUT2D eigenvalue weighted by Crippen LogP contribution is -2.38. The highest BCUT2D eigenvalue weighted by atomic mass is 16.5. The van der Waals surface area contributed by atoms with Crippen molar-refractivity contribution in [2.24, 2.45) is 0 Å². The van der Waals surface area contributed by atoms with Crippen molar-refractivity contribution in [1.82, 2.24) is 29.3 Å². The molecule has 0 bridgehead atoms. The summed E-state index contributed by atoms with van der Waals surface area (Å²) in [7, 11) is 0. The predicted octanol–water partition coefficient (Wildman–Crippen LogP) is 1.18. The zero-order chi connectivity index (χ0) is 29.0. The number of carbonyl (C=O) groups is 1. The van der Waals surface area contributed by atoms with Crippen molar-refractivity contribution in [2.75, 3.05) is 58.3 Å². The molecule has 41 heavy (non-hydrogen) atoms. The number of carbonyl (C=O) groups excluding carboxylic acids is 1. The van der Waals surface area contributed by atoms with E-state index in [0.29, 0.717) is 24.3 Å². The number of carboxylic acid groups (broad SMARTS) is 1. The highest BCUT2D eigenvalue weighted by Gasteiger charge is 2.16. The lowest BCUT2D eigenvalue weighted by molar-refractivity contribution is -0.304. The second-order valence-corrected chi connectivity index (χ2v) is 10.5. The van der Waals surface area contributed by atoms with Crippen LogP contribution in [0.4, 0.5) is 5.82 Å². The molecule has 3 N–H and O–H groups in total. The largest absolute Gasteiger partial charge is 0.550 e. The third kappa shape index (κ3) is 9.27. The van der Waals surface area contributed by atoms with Gasteiger partial charge in [0.05, 0.1) is 19.8 Å². The number of hydrogen-bond donors (Lipinski definition) is 2. The van der Waals surface area contributed by atoms with E-state index in [1.54, 1.807) is 4.57 Å². The third-order valence-electron chi connectivity index (χ3n) is 7.26. The Hall–Kier alpha value is -3.48. The molecule has 0 aliphatic carbocycles. The monoisotopic (exact) mass is 568 g/mol. The maximum absolute atomic E-state index is 12.7. The topological polar surface area (TPSA) is 155 Å². The molecular formula is C29H42N7O5-. The van der Waals surface area contributed by atoms with E-state index in [4.69, 9.17) is 15.2 Å². The highest BCUT2D eigenvalue weighted by molar-refractivity contribution is 5.81. The van der Waals surface area contributed by atoms with E-state index in [0.717, 1.165) is 95.7 Å². The van der Waals surface area contributed by atoms with Crippen LogP contribution in [0, 0.1) is 0 Å². The summed E-state index contributed by atoms with van der Waals surface area (Å²) in [5.41, 5.74) is 8.52. The van der Waals surface area contributed by atoms with Crippen molar-refractivity contribution < 1.29 is 19.4 Å².